The van der Waals surface area contributed by atoms with Crippen molar-refractivity contribution in [1.29, 1.82) is 0 Å². The number of hydrogen-bond acceptors (Lipinski definition) is 4. The Morgan fingerprint density at radius 3 is 2.55 bits per heavy atom. The molecule has 0 unspecified atom stereocenters. The molecule has 5 rings (SSSR count). The molecule has 0 saturated carbocycles. The van der Waals surface area contributed by atoms with E-state index in [1.165, 1.54) is 35.9 Å². The van der Waals surface area contributed by atoms with Gasteiger partial charge in [-0.3, -0.25) is 13.9 Å². The van der Waals surface area contributed by atoms with Gasteiger partial charge in [-0.2, -0.15) is 8.78 Å². The lowest BCUT2D eigenvalue weighted by atomic mass is 9.96. The van der Waals surface area contributed by atoms with Gasteiger partial charge in [0.2, 0.25) is 0 Å². The van der Waals surface area contributed by atoms with Crippen LogP contribution in [0.2, 0.25) is 0 Å². The zero-order valence-corrected chi connectivity index (χ0v) is 18.0. The van der Waals surface area contributed by atoms with Gasteiger partial charge in [-0.25, -0.2) is 9.78 Å². The standard InChI is InChI=1S/C24H22F2N4O3/c1-28-21-19(22(32)29(23(28)33)10-2-3-11-31)30-14-15-6-4-8-17(12-15)24(25,26)18-9-5-7-16(13-18)20(30)27-21/h4-9,12-13,31H,2-3,10-11,14H2,1H3. The normalized spacial score (nSPS) is 14.3. The third-order valence-corrected chi connectivity index (χ3v) is 6.14. The van der Waals surface area contributed by atoms with Gasteiger partial charge >= 0.3 is 5.69 Å². The molecule has 0 spiro atoms. The third-order valence-electron chi connectivity index (χ3n) is 6.14. The number of aromatic nitrogens is 4. The first-order valence-electron chi connectivity index (χ1n) is 10.7. The minimum atomic E-state index is -3.19. The molecule has 3 heterocycles. The lowest BCUT2D eigenvalue weighted by molar-refractivity contribution is 0.0427. The lowest BCUT2D eigenvalue weighted by Crippen LogP contribution is -2.39. The van der Waals surface area contributed by atoms with E-state index in [0.29, 0.717) is 29.8 Å². The number of benzene rings is 2. The van der Waals surface area contributed by atoms with E-state index in [4.69, 9.17) is 5.11 Å². The fourth-order valence-corrected chi connectivity index (χ4v) is 4.39. The maximum atomic E-state index is 15.2. The van der Waals surface area contributed by atoms with Crippen molar-refractivity contribution >= 4 is 11.2 Å². The van der Waals surface area contributed by atoms with Gasteiger partial charge in [-0.05, 0) is 30.5 Å². The highest BCUT2D eigenvalue weighted by molar-refractivity contribution is 5.77. The van der Waals surface area contributed by atoms with Gasteiger partial charge in [0.25, 0.3) is 11.5 Å². The molecule has 9 heteroatoms. The van der Waals surface area contributed by atoms with Gasteiger partial charge in [0.1, 0.15) is 5.82 Å². The van der Waals surface area contributed by atoms with Gasteiger partial charge in [0.15, 0.2) is 11.2 Å². The highest BCUT2D eigenvalue weighted by atomic mass is 19.3. The van der Waals surface area contributed by atoms with E-state index in [0.717, 1.165) is 4.57 Å². The molecule has 0 atom stereocenters. The van der Waals surface area contributed by atoms with Crippen LogP contribution in [-0.4, -0.2) is 30.4 Å². The molecule has 4 bridgehead atoms. The number of halogens is 2. The fourth-order valence-electron chi connectivity index (χ4n) is 4.39. The highest BCUT2D eigenvalue weighted by Gasteiger charge is 2.35. The van der Waals surface area contributed by atoms with Crippen molar-refractivity contribution in [2.75, 3.05) is 6.61 Å². The van der Waals surface area contributed by atoms with Crippen LogP contribution in [0, 0.1) is 0 Å². The van der Waals surface area contributed by atoms with Crippen LogP contribution in [0.25, 0.3) is 22.6 Å². The van der Waals surface area contributed by atoms with Crippen LogP contribution in [0.3, 0.4) is 0 Å². The molecule has 1 N–H and O–H groups in total. The second-order valence-corrected chi connectivity index (χ2v) is 8.28. The molecule has 1 aliphatic rings. The predicted octanol–water partition coefficient (Wildman–Crippen LogP) is 2.84. The summed E-state index contributed by atoms with van der Waals surface area (Å²) in [5.74, 6) is -2.85. The first kappa shape index (κ1) is 21.3. The molecule has 0 fully saturated rings. The molecular weight excluding hydrogens is 430 g/mol. The molecule has 2 aromatic carbocycles. The Hall–Kier alpha value is -3.59. The van der Waals surface area contributed by atoms with Crippen molar-refractivity contribution in [3.8, 4) is 11.4 Å². The molecule has 0 amide bonds. The quantitative estimate of drug-likeness (QED) is 0.483. The number of aliphatic hydroxyl groups excluding tert-OH is 1. The Labute approximate surface area is 187 Å². The minimum absolute atomic E-state index is 0.0310. The average Bonchev–Trinajstić information content (AvgIpc) is 3.19. The van der Waals surface area contributed by atoms with E-state index >= 15 is 8.78 Å². The Morgan fingerprint density at radius 2 is 1.79 bits per heavy atom. The summed E-state index contributed by atoms with van der Waals surface area (Å²) in [5, 5.41) is 9.07. The molecule has 1 aliphatic heterocycles. The van der Waals surface area contributed by atoms with Crippen LogP contribution in [0.5, 0.6) is 0 Å². The minimum Gasteiger partial charge on any atom is -0.396 e. The van der Waals surface area contributed by atoms with Crippen LogP contribution >= 0.6 is 0 Å². The van der Waals surface area contributed by atoms with Crippen LogP contribution in [-0.2, 0) is 26.1 Å². The van der Waals surface area contributed by atoms with Crippen molar-refractivity contribution in [3.63, 3.8) is 0 Å². The molecule has 7 nitrogen and oxygen atoms in total. The van der Waals surface area contributed by atoms with E-state index in [1.54, 1.807) is 28.8 Å². The largest absolute Gasteiger partial charge is 0.396 e. The van der Waals surface area contributed by atoms with Gasteiger partial charge in [0, 0.05) is 43.4 Å². The topological polar surface area (TPSA) is 82.0 Å². The number of aliphatic hydroxyl groups is 1. The Morgan fingerprint density at radius 1 is 1.06 bits per heavy atom. The fraction of sp³-hybridized carbons (Fsp3) is 0.292. The number of alkyl halides is 2. The van der Waals surface area contributed by atoms with E-state index in [-0.39, 0.29) is 42.0 Å². The number of hydrogen-bond donors (Lipinski definition) is 1. The smallest absolute Gasteiger partial charge is 0.332 e. The van der Waals surface area contributed by atoms with E-state index in [2.05, 4.69) is 4.98 Å². The van der Waals surface area contributed by atoms with E-state index < -0.39 is 17.2 Å². The number of imidazole rings is 1. The Kier molecular flexibility index (Phi) is 5.01. The van der Waals surface area contributed by atoms with Gasteiger partial charge in [-0.1, -0.05) is 36.4 Å². The van der Waals surface area contributed by atoms with E-state index in [1.807, 2.05) is 0 Å². The van der Waals surface area contributed by atoms with Crippen molar-refractivity contribution < 1.29 is 13.9 Å². The third kappa shape index (κ3) is 3.31. The van der Waals surface area contributed by atoms with Crippen molar-refractivity contribution in [3.05, 3.63) is 86.1 Å². The van der Waals surface area contributed by atoms with E-state index in [9.17, 15) is 9.59 Å². The SMILES string of the molecule is Cn1c(=O)n(CCCCO)c(=O)c2c1nc1n2Cc2cccc(c2)C(F)(F)c2cccc-1c2. The first-order valence-corrected chi connectivity index (χ1v) is 10.7. The summed E-state index contributed by atoms with van der Waals surface area (Å²) < 4.78 is 34.6. The van der Waals surface area contributed by atoms with Gasteiger partial charge in [-0.15, -0.1) is 0 Å². The number of fused-ring (bicyclic) bond motifs is 8. The Bertz CT molecular complexity index is 1500. The van der Waals surface area contributed by atoms with Crippen LogP contribution < -0.4 is 11.2 Å². The molecule has 0 saturated heterocycles. The summed E-state index contributed by atoms with van der Waals surface area (Å²) in [5.41, 5.74) is 0.176. The van der Waals surface area contributed by atoms with Crippen LogP contribution in [0.1, 0.15) is 29.5 Å². The van der Waals surface area contributed by atoms with Crippen LogP contribution in [0.4, 0.5) is 8.78 Å². The maximum Gasteiger partial charge on any atom is 0.332 e. The summed E-state index contributed by atoms with van der Waals surface area (Å²) in [6, 6.07) is 12.1. The van der Waals surface area contributed by atoms with Gasteiger partial charge in [0.05, 0.1) is 0 Å². The zero-order valence-electron chi connectivity index (χ0n) is 18.0. The second kappa shape index (κ2) is 7.77. The van der Waals surface area contributed by atoms with Crippen molar-refractivity contribution in [2.45, 2.75) is 31.9 Å². The summed E-state index contributed by atoms with van der Waals surface area (Å²) in [6.45, 7) is 0.278. The average molecular weight is 452 g/mol. The molecule has 2 aromatic heterocycles. The van der Waals surface area contributed by atoms with Crippen molar-refractivity contribution in [2.24, 2.45) is 7.05 Å². The number of unbranched alkanes of at least 4 members (excludes halogenated alkanes) is 1. The lowest BCUT2D eigenvalue weighted by Gasteiger charge is -2.21. The first-order chi connectivity index (χ1) is 15.8. The highest BCUT2D eigenvalue weighted by Crippen LogP contribution is 2.38. The molecular formula is C24H22F2N4O3. The van der Waals surface area contributed by atoms with Crippen molar-refractivity contribution in [1.82, 2.24) is 18.7 Å². The number of aryl methyl sites for hydroxylation is 1. The maximum absolute atomic E-state index is 15.2. The second-order valence-electron chi connectivity index (χ2n) is 8.28. The van der Waals surface area contributed by atoms with Crippen LogP contribution in [0.15, 0.2) is 58.1 Å². The number of rotatable bonds is 4. The predicted molar refractivity (Wildman–Crippen MR) is 120 cm³/mol. The summed E-state index contributed by atoms with van der Waals surface area (Å²) >= 11 is 0. The summed E-state index contributed by atoms with van der Waals surface area (Å²) in [7, 11) is 1.54. The number of nitrogens with zero attached hydrogens (tertiary/aromatic N) is 4. The molecule has 0 radical (unpaired) electrons. The monoisotopic (exact) mass is 452 g/mol. The zero-order chi connectivity index (χ0) is 23.3. The summed E-state index contributed by atoms with van der Waals surface area (Å²) in [6.07, 6.45) is 0.934. The summed E-state index contributed by atoms with van der Waals surface area (Å²) in [4.78, 5) is 30.9. The van der Waals surface area contributed by atoms with Gasteiger partial charge < -0.3 is 9.67 Å². The molecule has 170 valence electrons. The molecule has 0 aliphatic carbocycles. The molecule has 33 heavy (non-hydrogen) atoms. The Balaban J connectivity index is 1.85. The molecule has 4 aromatic rings.